The van der Waals surface area contributed by atoms with Crippen LogP contribution in [0.2, 0.25) is 0 Å². The SMILES string of the molecule is CC1(C)[C@H]2Cc3c(O)cccc3[C@]1(C)CCN2C(=O)C1C[C@@H]2C=C[C@@H]1C2. The smallest absolute Gasteiger partial charge is 0.226 e. The molecule has 1 amide bonds. The molecule has 3 heteroatoms. The van der Waals surface area contributed by atoms with Crippen molar-refractivity contribution in [1.29, 1.82) is 0 Å². The zero-order valence-corrected chi connectivity index (χ0v) is 16.0. The minimum absolute atomic E-state index is 0.00461. The summed E-state index contributed by atoms with van der Waals surface area (Å²) >= 11 is 0. The van der Waals surface area contributed by atoms with Crippen LogP contribution in [0, 0.1) is 23.2 Å². The Morgan fingerprint density at radius 3 is 2.69 bits per heavy atom. The van der Waals surface area contributed by atoms with E-state index in [0.717, 1.165) is 31.4 Å². The average Bonchev–Trinajstić information content (AvgIpc) is 3.21. The summed E-state index contributed by atoms with van der Waals surface area (Å²) in [5.41, 5.74) is 2.34. The number of phenols is 1. The number of rotatable bonds is 1. The molecule has 5 rings (SSSR count). The third kappa shape index (κ3) is 1.92. The van der Waals surface area contributed by atoms with Crippen molar-refractivity contribution in [3.63, 3.8) is 0 Å². The fourth-order valence-electron chi connectivity index (χ4n) is 6.47. The Morgan fingerprint density at radius 2 is 2.00 bits per heavy atom. The average molecular weight is 351 g/mol. The van der Waals surface area contributed by atoms with Crippen molar-refractivity contribution in [3.05, 3.63) is 41.5 Å². The van der Waals surface area contributed by atoms with Crippen LogP contribution in [0.1, 0.15) is 51.2 Å². The number of carbonyl (C=O) groups is 1. The molecule has 1 saturated carbocycles. The lowest BCUT2D eigenvalue weighted by Crippen LogP contribution is -2.65. The van der Waals surface area contributed by atoms with Gasteiger partial charge in [0.25, 0.3) is 0 Å². The number of phenolic OH excluding ortho intramolecular Hbond substituents is 1. The first kappa shape index (κ1) is 16.4. The lowest BCUT2D eigenvalue weighted by molar-refractivity contribution is -0.149. The van der Waals surface area contributed by atoms with Crippen LogP contribution in [-0.2, 0) is 16.6 Å². The van der Waals surface area contributed by atoms with Gasteiger partial charge in [-0.25, -0.2) is 0 Å². The van der Waals surface area contributed by atoms with Crippen molar-refractivity contribution >= 4 is 5.91 Å². The molecular weight excluding hydrogens is 322 g/mol. The minimum Gasteiger partial charge on any atom is -0.508 e. The summed E-state index contributed by atoms with van der Waals surface area (Å²) in [6.45, 7) is 7.82. The first-order valence-electron chi connectivity index (χ1n) is 10.1. The molecule has 1 aliphatic heterocycles. The molecule has 0 spiro atoms. The molecule has 0 radical (unpaired) electrons. The summed E-state index contributed by atoms with van der Waals surface area (Å²) in [4.78, 5) is 15.7. The van der Waals surface area contributed by atoms with Gasteiger partial charge in [0.05, 0.1) is 0 Å². The lowest BCUT2D eigenvalue weighted by Gasteiger charge is -2.61. The summed E-state index contributed by atoms with van der Waals surface area (Å²) < 4.78 is 0. The molecular formula is C23H29NO2. The van der Waals surface area contributed by atoms with Crippen LogP contribution in [0.5, 0.6) is 5.75 Å². The van der Waals surface area contributed by atoms with Crippen LogP contribution in [0.25, 0.3) is 0 Å². The Labute approximate surface area is 156 Å². The molecule has 1 aromatic rings. The molecule has 4 bridgehead atoms. The topological polar surface area (TPSA) is 40.5 Å². The molecule has 4 aliphatic rings. The van der Waals surface area contributed by atoms with E-state index in [2.05, 4.69) is 43.9 Å². The van der Waals surface area contributed by atoms with Crippen molar-refractivity contribution < 1.29 is 9.90 Å². The number of fused-ring (bicyclic) bond motifs is 6. The molecule has 5 atom stereocenters. The molecule has 1 unspecified atom stereocenters. The number of piperidine rings is 1. The first-order valence-corrected chi connectivity index (χ1v) is 10.1. The molecule has 0 aromatic heterocycles. The van der Waals surface area contributed by atoms with Gasteiger partial charge in [0.2, 0.25) is 5.91 Å². The van der Waals surface area contributed by atoms with E-state index in [9.17, 15) is 9.90 Å². The summed E-state index contributed by atoms with van der Waals surface area (Å²) in [5, 5.41) is 10.5. The number of amides is 1. The Balaban J connectivity index is 1.54. The van der Waals surface area contributed by atoms with Crippen LogP contribution < -0.4 is 0 Å². The maximum absolute atomic E-state index is 13.5. The normalized spacial score (nSPS) is 39.1. The number of carbonyl (C=O) groups excluding carboxylic acids is 1. The Morgan fingerprint density at radius 1 is 1.19 bits per heavy atom. The number of allylic oxidation sites excluding steroid dienone is 2. The van der Waals surface area contributed by atoms with Gasteiger partial charge in [0.1, 0.15) is 5.75 Å². The quantitative estimate of drug-likeness (QED) is 0.776. The van der Waals surface area contributed by atoms with E-state index in [0.29, 0.717) is 23.5 Å². The van der Waals surface area contributed by atoms with Crippen LogP contribution in [0.3, 0.4) is 0 Å². The molecule has 1 saturated heterocycles. The molecule has 1 N–H and O–H groups in total. The number of benzene rings is 1. The van der Waals surface area contributed by atoms with Crippen LogP contribution in [0.15, 0.2) is 30.4 Å². The molecule has 1 heterocycles. The number of likely N-dealkylation sites (tertiary alicyclic amines) is 1. The van der Waals surface area contributed by atoms with Crippen molar-refractivity contribution in [1.82, 2.24) is 4.90 Å². The van der Waals surface area contributed by atoms with Gasteiger partial charge in [0, 0.05) is 23.9 Å². The number of hydrogen-bond donors (Lipinski definition) is 1. The summed E-state index contributed by atoms with van der Waals surface area (Å²) in [7, 11) is 0. The van der Waals surface area contributed by atoms with E-state index in [1.165, 1.54) is 12.0 Å². The van der Waals surface area contributed by atoms with E-state index >= 15 is 0 Å². The molecule has 3 aliphatic carbocycles. The zero-order chi connectivity index (χ0) is 18.3. The minimum atomic E-state index is -0.00480. The van der Waals surface area contributed by atoms with E-state index in [-0.39, 0.29) is 22.8 Å². The third-order valence-corrected chi connectivity index (χ3v) is 8.51. The van der Waals surface area contributed by atoms with E-state index in [1.54, 1.807) is 6.07 Å². The highest BCUT2D eigenvalue weighted by atomic mass is 16.3. The molecule has 1 aromatic carbocycles. The fourth-order valence-corrected chi connectivity index (χ4v) is 6.47. The Bertz CT molecular complexity index is 810. The van der Waals surface area contributed by atoms with E-state index < -0.39 is 0 Å². The largest absolute Gasteiger partial charge is 0.508 e. The second kappa shape index (κ2) is 5.15. The second-order valence-electron chi connectivity index (χ2n) is 9.75. The third-order valence-electron chi connectivity index (χ3n) is 8.51. The van der Waals surface area contributed by atoms with Gasteiger partial charge in [-0.3, -0.25) is 4.79 Å². The highest BCUT2D eigenvalue weighted by Crippen LogP contribution is 2.57. The summed E-state index contributed by atoms with van der Waals surface area (Å²) in [6.07, 6.45) is 8.52. The second-order valence-corrected chi connectivity index (χ2v) is 9.75. The van der Waals surface area contributed by atoms with E-state index in [1.807, 2.05) is 6.07 Å². The summed E-state index contributed by atoms with van der Waals surface area (Å²) in [5.74, 6) is 2.00. The van der Waals surface area contributed by atoms with Crippen molar-refractivity contribution in [3.8, 4) is 5.75 Å². The number of hydrogen-bond acceptors (Lipinski definition) is 2. The highest BCUT2D eigenvalue weighted by Gasteiger charge is 2.58. The zero-order valence-electron chi connectivity index (χ0n) is 16.0. The predicted molar refractivity (Wildman–Crippen MR) is 102 cm³/mol. The van der Waals surface area contributed by atoms with Crippen molar-refractivity contribution in [2.24, 2.45) is 23.2 Å². The van der Waals surface area contributed by atoms with Crippen LogP contribution in [0.4, 0.5) is 0 Å². The van der Waals surface area contributed by atoms with Gasteiger partial charge in [-0.15, -0.1) is 0 Å². The van der Waals surface area contributed by atoms with Crippen molar-refractivity contribution in [2.45, 2.75) is 57.9 Å². The fraction of sp³-hybridized carbons (Fsp3) is 0.609. The van der Waals surface area contributed by atoms with Gasteiger partial charge in [-0.2, -0.15) is 0 Å². The molecule has 138 valence electrons. The van der Waals surface area contributed by atoms with Gasteiger partial charge >= 0.3 is 0 Å². The predicted octanol–water partition coefficient (Wildman–Crippen LogP) is 4.05. The van der Waals surface area contributed by atoms with Gasteiger partial charge in [-0.1, -0.05) is 45.1 Å². The standard InChI is InChI=1S/C23H29NO2/c1-22(2)20-13-17-18(5-4-6-19(17)25)23(22,3)9-10-24(20)21(26)16-12-14-7-8-15(16)11-14/h4-8,14-16,20,25H,9-13H2,1-3H3/t14-,15-,16?,20-,23+/m1/s1. The van der Waals surface area contributed by atoms with Crippen LogP contribution >= 0.6 is 0 Å². The first-order chi connectivity index (χ1) is 12.3. The number of aromatic hydroxyl groups is 1. The maximum atomic E-state index is 13.5. The number of nitrogens with zero attached hydrogens (tertiary/aromatic N) is 1. The van der Waals surface area contributed by atoms with Gasteiger partial charge in [-0.05, 0) is 60.1 Å². The van der Waals surface area contributed by atoms with Crippen molar-refractivity contribution in [2.75, 3.05) is 6.54 Å². The Hall–Kier alpha value is -1.77. The molecule has 3 nitrogen and oxygen atoms in total. The van der Waals surface area contributed by atoms with Gasteiger partial charge in [0.15, 0.2) is 0 Å². The lowest BCUT2D eigenvalue weighted by atomic mass is 9.51. The molecule has 26 heavy (non-hydrogen) atoms. The van der Waals surface area contributed by atoms with Gasteiger partial charge < -0.3 is 10.0 Å². The van der Waals surface area contributed by atoms with Crippen LogP contribution in [-0.4, -0.2) is 28.5 Å². The summed E-state index contributed by atoms with van der Waals surface area (Å²) in [6, 6.07) is 6.11. The Kier molecular flexibility index (Phi) is 3.25. The van der Waals surface area contributed by atoms with E-state index in [4.69, 9.17) is 0 Å². The molecule has 2 fully saturated rings. The maximum Gasteiger partial charge on any atom is 0.226 e. The highest BCUT2D eigenvalue weighted by molar-refractivity contribution is 5.81. The monoisotopic (exact) mass is 351 g/mol.